The molecule has 4 saturated heterocycles. The SMILES string of the molecule is CN(CCCN1CCO[C@@H](CNc2cccc3c2C(=O)N(C2CCC(=O)NC2=O)C3=O)C1)C[C@H]1CC[C@H](n2cc(NC(=O)c3cnn4ccc(N5C[C@H]6C[C@@H]5CO6)nc34)c(C(F)F)n2)CC1. The molecule has 2 bridgehead atoms. The zero-order valence-electron chi connectivity index (χ0n) is 36.7. The number of imide groups is 2. The van der Waals surface area contributed by atoms with E-state index in [-0.39, 0.29) is 59.5 Å². The lowest BCUT2D eigenvalue weighted by Crippen LogP contribution is -2.54. The van der Waals surface area contributed by atoms with Gasteiger partial charge >= 0.3 is 0 Å². The van der Waals surface area contributed by atoms with Crippen molar-refractivity contribution in [2.75, 3.05) is 81.6 Å². The first-order valence-electron chi connectivity index (χ1n) is 23.0. The lowest BCUT2D eigenvalue weighted by molar-refractivity contribution is -0.136. The Hall–Kier alpha value is -5.90. The van der Waals surface area contributed by atoms with Gasteiger partial charge in [0.1, 0.15) is 17.4 Å². The molecule has 66 heavy (non-hydrogen) atoms. The van der Waals surface area contributed by atoms with Crippen LogP contribution in [0, 0.1) is 5.92 Å². The van der Waals surface area contributed by atoms with E-state index in [1.54, 1.807) is 29.1 Å². The number of fused-ring (bicyclic) bond motifs is 4. The first kappa shape index (κ1) is 44.0. The molecule has 3 aromatic heterocycles. The Morgan fingerprint density at radius 3 is 2.64 bits per heavy atom. The normalized spacial score (nSPS) is 25.7. The monoisotopic (exact) mass is 912 g/mol. The van der Waals surface area contributed by atoms with Crippen LogP contribution in [0.2, 0.25) is 0 Å². The number of nitrogens with one attached hydrogen (secondary N) is 3. The molecule has 0 radical (unpaired) electrons. The maximum atomic E-state index is 14.3. The Balaban J connectivity index is 0.670. The van der Waals surface area contributed by atoms with Gasteiger partial charge in [-0.2, -0.15) is 10.2 Å². The second-order valence-corrected chi connectivity index (χ2v) is 18.4. The predicted octanol–water partition coefficient (Wildman–Crippen LogP) is 3.36. The number of hydrogen-bond acceptors (Lipinski definition) is 14. The second-order valence-electron chi connectivity index (χ2n) is 18.4. The number of halogens is 2. The van der Waals surface area contributed by atoms with Gasteiger partial charge in [-0.15, -0.1) is 0 Å². The van der Waals surface area contributed by atoms with Gasteiger partial charge in [0.25, 0.3) is 24.1 Å². The number of carbonyl (C=O) groups excluding carboxylic acids is 5. The van der Waals surface area contributed by atoms with Crippen LogP contribution < -0.4 is 20.9 Å². The average molecular weight is 913 g/mol. The van der Waals surface area contributed by atoms with E-state index in [0.29, 0.717) is 43.6 Å². The minimum atomic E-state index is -2.87. The fourth-order valence-corrected chi connectivity index (χ4v) is 10.6. The van der Waals surface area contributed by atoms with Crippen molar-refractivity contribution < 1.29 is 42.2 Å². The molecule has 10 rings (SSSR count). The van der Waals surface area contributed by atoms with Gasteiger partial charge in [0, 0.05) is 57.2 Å². The van der Waals surface area contributed by atoms with Gasteiger partial charge in [0.05, 0.1) is 60.5 Å². The van der Waals surface area contributed by atoms with Crippen LogP contribution in [0.4, 0.5) is 26.0 Å². The van der Waals surface area contributed by atoms with E-state index >= 15 is 0 Å². The van der Waals surface area contributed by atoms with Crippen molar-refractivity contribution in [3.63, 3.8) is 0 Å². The van der Waals surface area contributed by atoms with Crippen molar-refractivity contribution in [3.05, 3.63) is 65.2 Å². The highest BCUT2D eigenvalue weighted by Crippen LogP contribution is 2.37. The molecule has 1 unspecified atom stereocenters. The van der Waals surface area contributed by atoms with Crippen LogP contribution >= 0.6 is 0 Å². The number of ether oxygens (including phenoxy) is 2. The Morgan fingerprint density at radius 1 is 1.02 bits per heavy atom. The topological polar surface area (TPSA) is 201 Å². The minimum absolute atomic E-state index is 0.0159. The molecule has 1 saturated carbocycles. The van der Waals surface area contributed by atoms with Crippen molar-refractivity contribution in [1.29, 1.82) is 0 Å². The molecule has 21 heteroatoms. The summed E-state index contributed by atoms with van der Waals surface area (Å²) in [4.78, 5) is 77.1. The average Bonchev–Trinajstić information content (AvgIpc) is 4.16. The van der Waals surface area contributed by atoms with Crippen LogP contribution in [0.25, 0.3) is 5.65 Å². The van der Waals surface area contributed by atoms with Crippen molar-refractivity contribution in [3.8, 4) is 0 Å². The number of aromatic nitrogens is 5. The van der Waals surface area contributed by atoms with Gasteiger partial charge in [-0.25, -0.2) is 18.3 Å². The Morgan fingerprint density at radius 2 is 1.86 bits per heavy atom. The zero-order chi connectivity index (χ0) is 45.6. The summed E-state index contributed by atoms with van der Waals surface area (Å²) >= 11 is 0. The van der Waals surface area contributed by atoms with Crippen molar-refractivity contribution in [1.82, 2.24) is 44.4 Å². The van der Waals surface area contributed by atoms with Gasteiger partial charge < -0.3 is 29.9 Å². The highest BCUT2D eigenvalue weighted by Gasteiger charge is 2.46. The summed E-state index contributed by atoms with van der Waals surface area (Å²) in [6, 6.07) is 6.03. The molecule has 5 fully saturated rings. The number of benzene rings is 1. The number of morpholine rings is 2. The first-order valence-corrected chi connectivity index (χ1v) is 23.0. The van der Waals surface area contributed by atoms with Crippen molar-refractivity contribution in [2.24, 2.45) is 5.92 Å². The summed E-state index contributed by atoms with van der Waals surface area (Å²) in [6.07, 6.45) is 7.34. The molecule has 3 N–H and O–H groups in total. The number of amides is 5. The van der Waals surface area contributed by atoms with E-state index in [0.717, 1.165) is 82.0 Å². The molecular formula is C45H54F2N12O7. The van der Waals surface area contributed by atoms with Crippen LogP contribution in [-0.4, -0.2) is 159 Å². The summed E-state index contributed by atoms with van der Waals surface area (Å²) in [6.45, 7) is 6.59. The first-order chi connectivity index (χ1) is 32.0. The number of nitrogens with zero attached hydrogens (tertiary/aromatic N) is 9. The van der Waals surface area contributed by atoms with E-state index in [1.807, 2.05) is 6.07 Å². The molecule has 1 aliphatic carbocycles. The third kappa shape index (κ3) is 8.75. The number of hydrogen-bond donors (Lipinski definition) is 3. The van der Waals surface area contributed by atoms with Crippen LogP contribution in [0.15, 0.2) is 42.9 Å². The smallest absolute Gasteiger partial charge is 0.284 e. The Labute approximate surface area is 379 Å². The maximum Gasteiger partial charge on any atom is 0.284 e. The summed E-state index contributed by atoms with van der Waals surface area (Å²) < 4.78 is 43.5. The molecule has 350 valence electrons. The Bertz CT molecular complexity index is 2530. The molecule has 5 aliphatic heterocycles. The Kier molecular flexibility index (Phi) is 12.3. The van der Waals surface area contributed by atoms with Crippen molar-refractivity contribution >= 4 is 52.4 Å². The quantitative estimate of drug-likeness (QED) is 0.147. The summed E-state index contributed by atoms with van der Waals surface area (Å²) in [5.41, 5.74) is 1.01. The van der Waals surface area contributed by atoms with Crippen LogP contribution in [0.5, 0.6) is 0 Å². The van der Waals surface area contributed by atoms with Crippen LogP contribution in [0.1, 0.15) is 101 Å². The van der Waals surface area contributed by atoms with Gasteiger partial charge in [-0.1, -0.05) is 6.07 Å². The van der Waals surface area contributed by atoms with Crippen LogP contribution in [0.3, 0.4) is 0 Å². The second kappa shape index (κ2) is 18.4. The van der Waals surface area contributed by atoms with E-state index in [9.17, 15) is 32.8 Å². The lowest BCUT2D eigenvalue weighted by Gasteiger charge is -2.34. The highest BCUT2D eigenvalue weighted by atomic mass is 19.3. The minimum Gasteiger partial charge on any atom is -0.382 e. The highest BCUT2D eigenvalue weighted by molar-refractivity contribution is 6.25. The molecule has 1 aromatic carbocycles. The maximum absolute atomic E-state index is 14.3. The van der Waals surface area contributed by atoms with Gasteiger partial charge in [0.2, 0.25) is 11.8 Å². The lowest BCUT2D eigenvalue weighted by atomic mass is 9.86. The molecule has 19 nitrogen and oxygen atoms in total. The standard InChI is InChI=1S/C45H54F2N12O7/c1-54(13-3-14-55-16-17-65-30(22-55)19-48-33-5-2-4-31-38(33)45(64)59(44(31)63)35-10-11-37(60)52-43(35)62)21-26-6-8-27(9-7-26)58-24-34(39(53-58)40(46)47)50-42(61)32-20-49-57-15-12-36(51-41(32)57)56-23-29-18-28(56)25-66-29/h2,4-5,12,15,20,24,26-30,35,40,48H,3,6-11,13-14,16-19,21-23,25H2,1H3,(H,50,61)(H,52,60,62)/t26-,27-,28-,29-,30+,35?/m1/s1. The summed E-state index contributed by atoms with van der Waals surface area (Å²) in [5, 5.41) is 16.8. The van der Waals surface area contributed by atoms with Crippen molar-refractivity contribution in [2.45, 2.75) is 88.1 Å². The molecule has 0 spiro atoms. The molecule has 6 aliphatic rings. The predicted molar refractivity (Wildman–Crippen MR) is 235 cm³/mol. The van der Waals surface area contributed by atoms with Gasteiger partial charge in [-0.05, 0) is 89.2 Å². The number of carbonyl (C=O) groups is 5. The largest absolute Gasteiger partial charge is 0.382 e. The van der Waals surface area contributed by atoms with E-state index in [1.165, 1.54) is 16.9 Å². The summed E-state index contributed by atoms with van der Waals surface area (Å²) in [5.74, 6) is -1.55. The third-order valence-corrected chi connectivity index (χ3v) is 14.0. The van der Waals surface area contributed by atoms with E-state index in [2.05, 4.69) is 47.9 Å². The molecule has 4 aromatic rings. The summed E-state index contributed by atoms with van der Waals surface area (Å²) in [7, 11) is 2.13. The third-order valence-electron chi connectivity index (χ3n) is 14.0. The van der Waals surface area contributed by atoms with E-state index in [4.69, 9.17) is 14.5 Å². The van der Waals surface area contributed by atoms with Gasteiger partial charge in [-0.3, -0.25) is 43.8 Å². The fourth-order valence-electron chi connectivity index (χ4n) is 10.6. The molecule has 8 heterocycles. The van der Waals surface area contributed by atoms with Crippen LogP contribution in [-0.2, 0) is 19.1 Å². The number of alkyl halides is 2. The fraction of sp³-hybridized carbons (Fsp3) is 0.556. The molecule has 4 atom stereocenters. The van der Waals surface area contributed by atoms with E-state index < -0.39 is 47.7 Å². The molecular weight excluding hydrogens is 859 g/mol. The zero-order valence-corrected chi connectivity index (χ0v) is 36.7. The number of piperidine rings is 1. The number of rotatable bonds is 15. The number of anilines is 3. The molecule has 5 amide bonds. The van der Waals surface area contributed by atoms with Gasteiger partial charge in [0.15, 0.2) is 11.3 Å².